The van der Waals surface area contributed by atoms with E-state index in [9.17, 15) is 29.7 Å². The molecule has 3 N–H and O–H groups in total. The Morgan fingerprint density at radius 2 is 1.70 bits per heavy atom. The Hall–Kier alpha value is -1.75. The first-order chi connectivity index (χ1) is 13.8. The van der Waals surface area contributed by atoms with Crippen LogP contribution in [0.1, 0.15) is 34.1 Å². The van der Waals surface area contributed by atoms with Crippen molar-refractivity contribution in [3.05, 3.63) is 0 Å². The van der Waals surface area contributed by atoms with E-state index in [1.807, 2.05) is 20.8 Å². The predicted molar refractivity (Wildman–Crippen MR) is 92.0 cm³/mol. The molecule has 4 aliphatic heterocycles. The van der Waals surface area contributed by atoms with E-state index in [0.717, 1.165) is 0 Å². The SMILES string of the molecule is C[C@@H]1C(=O)OC2[C@@H](O)[C@]34[C@H]5C[C@@H](C(C)(C)C)[C@@]36C(O)C(=O)O[C@H]6O[C@@]4(C(=O)O5)[C@]21O. The molecule has 6 rings (SSSR count). The second kappa shape index (κ2) is 4.69. The highest BCUT2D eigenvalue weighted by atomic mass is 16.8. The fourth-order valence-corrected chi connectivity index (χ4v) is 8.12. The molecule has 2 spiro atoms. The summed E-state index contributed by atoms with van der Waals surface area (Å²) in [4.78, 5) is 38.2. The highest BCUT2D eigenvalue weighted by Gasteiger charge is 3.03. The lowest BCUT2D eigenvalue weighted by Gasteiger charge is -2.47. The number of rotatable bonds is 0. The van der Waals surface area contributed by atoms with Gasteiger partial charge in [0.15, 0.2) is 17.8 Å². The minimum absolute atomic E-state index is 0.229. The first-order valence-corrected chi connectivity index (χ1v) is 10.2. The maximum Gasteiger partial charge on any atom is 0.343 e. The van der Waals surface area contributed by atoms with E-state index in [1.165, 1.54) is 6.92 Å². The van der Waals surface area contributed by atoms with Crippen LogP contribution in [0.2, 0.25) is 0 Å². The van der Waals surface area contributed by atoms with Gasteiger partial charge in [-0.2, -0.15) is 0 Å². The second-order valence-corrected chi connectivity index (χ2v) is 10.7. The molecular formula is C20H24O10. The summed E-state index contributed by atoms with van der Waals surface area (Å²) in [5.74, 6) is -4.32. The zero-order valence-corrected chi connectivity index (χ0v) is 16.9. The lowest BCUT2D eigenvalue weighted by Crippen LogP contribution is -2.67. The number of hydrogen-bond acceptors (Lipinski definition) is 10. The van der Waals surface area contributed by atoms with E-state index < -0.39 is 87.9 Å². The van der Waals surface area contributed by atoms with Gasteiger partial charge >= 0.3 is 17.9 Å². The Morgan fingerprint density at radius 3 is 2.33 bits per heavy atom. The molecule has 4 saturated heterocycles. The third kappa shape index (κ3) is 1.33. The van der Waals surface area contributed by atoms with Crippen LogP contribution < -0.4 is 0 Å². The molecule has 0 aromatic heterocycles. The number of carbonyl (C=O) groups excluding carboxylic acids is 3. The molecule has 0 bridgehead atoms. The van der Waals surface area contributed by atoms with E-state index in [-0.39, 0.29) is 6.42 Å². The van der Waals surface area contributed by atoms with E-state index >= 15 is 0 Å². The lowest BCUT2D eigenvalue weighted by atomic mass is 9.51. The molecule has 6 aliphatic rings. The summed E-state index contributed by atoms with van der Waals surface area (Å²) in [5.41, 5.74) is -8.26. The molecule has 0 amide bonds. The van der Waals surface area contributed by atoms with Gasteiger partial charge in [-0.3, -0.25) is 4.79 Å². The van der Waals surface area contributed by atoms with Crippen molar-refractivity contribution in [2.45, 2.75) is 76.0 Å². The summed E-state index contributed by atoms with van der Waals surface area (Å²) < 4.78 is 22.5. The molecule has 0 aromatic carbocycles. The van der Waals surface area contributed by atoms with Gasteiger partial charge < -0.3 is 34.3 Å². The summed E-state index contributed by atoms with van der Waals surface area (Å²) in [7, 11) is 0. The number of hydrogen-bond donors (Lipinski definition) is 3. The topological polar surface area (TPSA) is 149 Å². The number of ether oxygens (including phenoxy) is 4. The minimum Gasteiger partial charge on any atom is -0.459 e. The molecule has 10 heteroatoms. The smallest absolute Gasteiger partial charge is 0.343 e. The third-order valence-electron chi connectivity index (χ3n) is 9.00. The molecule has 0 aromatic rings. The molecule has 0 radical (unpaired) electrons. The van der Waals surface area contributed by atoms with Crippen LogP contribution in [0.15, 0.2) is 0 Å². The van der Waals surface area contributed by atoms with Gasteiger partial charge in [-0.05, 0) is 24.7 Å². The molecule has 30 heavy (non-hydrogen) atoms. The molecule has 164 valence electrons. The molecule has 2 aliphatic carbocycles. The number of carbonyl (C=O) groups is 3. The summed E-state index contributed by atoms with van der Waals surface area (Å²) in [6.45, 7) is 7.14. The van der Waals surface area contributed by atoms with Gasteiger partial charge in [-0.25, -0.2) is 9.59 Å². The number of fused-ring (bicyclic) bond motifs is 1. The van der Waals surface area contributed by atoms with Crippen molar-refractivity contribution in [1.82, 2.24) is 0 Å². The molecule has 10 nitrogen and oxygen atoms in total. The first-order valence-electron chi connectivity index (χ1n) is 10.2. The Kier molecular flexibility index (Phi) is 2.97. The monoisotopic (exact) mass is 424 g/mol. The van der Waals surface area contributed by atoms with Gasteiger partial charge in [0.1, 0.15) is 12.2 Å². The van der Waals surface area contributed by atoms with Crippen LogP contribution in [0.3, 0.4) is 0 Å². The Balaban J connectivity index is 1.72. The summed E-state index contributed by atoms with van der Waals surface area (Å²) in [6, 6.07) is 0. The van der Waals surface area contributed by atoms with E-state index in [0.29, 0.717) is 0 Å². The van der Waals surface area contributed by atoms with Crippen LogP contribution in [0, 0.1) is 28.1 Å². The summed E-state index contributed by atoms with van der Waals surface area (Å²) in [6.07, 6.45) is -6.91. The molecular weight excluding hydrogens is 400 g/mol. The molecule has 6 fully saturated rings. The van der Waals surface area contributed by atoms with Crippen LogP contribution in [-0.2, 0) is 33.3 Å². The molecule has 4 heterocycles. The van der Waals surface area contributed by atoms with Crippen molar-refractivity contribution in [1.29, 1.82) is 0 Å². The predicted octanol–water partition coefficient (Wildman–Crippen LogP) is -1.37. The van der Waals surface area contributed by atoms with Gasteiger partial charge in [0.2, 0.25) is 11.9 Å². The second-order valence-electron chi connectivity index (χ2n) is 10.7. The Bertz CT molecular complexity index is 925. The van der Waals surface area contributed by atoms with E-state index in [2.05, 4.69) is 0 Å². The van der Waals surface area contributed by atoms with Crippen LogP contribution in [0.5, 0.6) is 0 Å². The lowest BCUT2D eigenvalue weighted by molar-refractivity contribution is -0.239. The number of aliphatic hydroxyl groups excluding tert-OH is 2. The van der Waals surface area contributed by atoms with Crippen molar-refractivity contribution in [2.24, 2.45) is 28.1 Å². The van der Waals surface area contributed by atoms with Crippen LogP contribution in [0.25, 0.3) is 0 Å². The summed E-state index contributed by atoms with van der Waals surface area (Å²) in [5, 5.41) is 34.7. The van der Waals surface area contributed by atoms with Crippen molar-refractivity contribution >= 4 is 17.9 Å². The highest BCUT2D eigenvalue weighted by Crippen LogP contribution is 2.84. The maximum absolute atomic E-state index is 13.4. The zero-order valence-electron chi connectivity index (χ0n) is 16.9. The van der Waals surface area contributed by atoms with Gasteiger partial charge in [0.25, 0.3) is 0 Å². The largest absolute Gasteiger partial charge is 0.459 e. The quantitative estimate of drug-likeness (QED) is 0.314. The summed E-state index contributed by atoms with van der Waals surface area (Å²) >= 11 is 0. The number of esters is 3. The van der Waals surface area contributed by atoms with Crippen molar-refractivity contribution in [2.75, 3.05) is 0 Å². The van der Waals surface area contributed by atoms with E-state index in [4.69, 9.17) is 18.9 Å². The van der Waals surface area contributed by atoms with Crippen LogP contribution in [0.4, 0.5) is 0 Å². The van der Waals surface area contributed by atoms with Crippen molar-refractivity contribution < 1.29 is 48.7 Å². The van der Waals surface area contributed by atoms with Crippen molar-refractivity contribution in [3.63, 3.8) is 0 Å². The normalized spacial score (nSPS) is 60.1. The molecule has 11 atom stereocenters. The highest BCUT2D eigenvalue weighted by molar-refractivity contribution is 5.94. The average Bonchev–Trinajstić information content (AvgIpc) is 3.35. The van der Waals surface area contributed by atoms with Gasteiger partial charge in [-0.1, -0.05) is 20.8 Å². The Morgan fingerprint density at radius 1 is 1.03 bits per heavy atom. The average molecular weight is 424 g/mol. The standard InChI is InChI=1S/C20H24O10/c1-6-12(23)28-11-9(21)18-8-5-7(16(2,3)4)17(18)10(22)13(24)29-15(17)30-20(18,14(25)27-8)19(6,11)26/h6-11,15,21-22,26H,5H2,1-4H3/t6-,7+,8-,9-,10?,11?,15+,17+,18-,19-,20-/m1/s1. The Labute approximate surface area is 171 Å². The van der Waals surface area contributed by atoms with E-state index in [1.54, 1.807) is 0 Å². The number of aliphatic hydroxyl groups is 3. The fourth-order valence-electron chi connectivity index (χ4n) is 8.12. The fraction of sp³-hybridized carbons (Fsp3) is 0.850. The third-order valence-corrected chi connectivity index (χ3v) is 9.00. The van der Waals surface area contributed by atoms with Gasteiger partial charge in [0.05, 0.1) is 16.7 Å². The maximum atomic E-state index is 13.4. The first kappa shape index (κ1) is 19.0. The molecule has 2 unspecified atom stereocenters. The molecule has 2 saturated carbocycles. The minimum atomic E-state index is -2.24. The zero-order chi connectivity index (χ0) is 21.8. The van der Waals surface area contributed by atoms with Crippen molar-refractivity contribution in [3.8, 4) is 0 Å². The van der Waals surface area contributed by atoms with Gasteiger partial charge in [-0.15, -0.1) is 0 Å². The van der Waals surface area contributed by atoms with Crippen LogP contribution in [-0.4, -0.2) is 75.1 Å². The van der Waals surface area contributed by atoms with Gasteiger partial charge in [0, 0.05) is 0 Å². The van der Waals surface area contributed by atoms with Crippen LogP contribution >= 0.6 is 0 Å².